The fourth-order valence-corrected chi connectivity index (χ4v) is 3.00. The highest BCUT2D eigenvalue weighted by atomic mass is 16.4. The molecule has 0 radical (unpaired) electrons. The maximum Gasteiger partial charge on any atom is 0.309 e. The average Bonchev–Trinajstić information content (AvgIpc) is 2.39. The topological polar surface area (TPSA) is 69.6 Å². The smallest absolute Gasteiger partial charge is 0.309 e. The van der Waals surface area contributed by atoms with Gasteiger partial charge >= 0.3 is 5.97 Å². The number of aliphatic carboxylic acids is 1. The molecule has 0 aromatic heterocycles. The van der Waals surface area contributed by atoms with Gasteiger partial charge in [-0.15, -0.1) is 0 Å². The molecule has 2 rings (SSSR count). The van der Waals surface area contributed by atoms with Crippen molar-refractivity contribution < 1.29 is 14.7 Å². The summed E-state index contributed by atoms with van der Waals surface area (Å²) >= 11 is 0. The molecule has 0 saturated carbocycles. The monoisotopic (exact) mass is 268 g/mol. The Labute approximate surface area is 114 Å². The van der Waals surface area contributed by atoms with Gasteiger partial charge in [-0.1, -0.05) is 0 Å². The molecule has 108 valence electrons. The van der Waals surface area contributed by atoms with Crippen molar-refractivity contribution in [2.24, 2.45) is 5.41 Å². The molecule has 2 saturated heterocycles. The van der Waals surface area contributed by atoms with Crippen LogP contribution in [0, 0.1) is 5.41 Å². The number of hydrogen-bond acceptors (Lipinski definition) is 3. The Morgan fingerprint density at radius 3 is 2.21 bits per heavy atom. The summed E-state index contributed by atoms with van der Waals surface area (Å²) in [5, 5.41) is 12.5. The Balaban J connectivity index is 1.97. The largest absolute Gasteiger partial charge is 0.481 e. The molecule has 1 atom stereocenters. The van der Waals surface area contributed by atoms with Gasteiger partial charge in [-0.2, -0.15) is 0 Å². The Hall–Kier alpha value is -1.10. The van der Waals surface area contributed by atoms with E-state index in [1.165, 1.54) is 0 Å². The molecule has 0 aromatic rings. The number of carboxylic acids is 1. The van der Waals surface area contributed by atoms with Crippen LogP contribution in [-0.2, 0) is 9.59 Å². The van der Waals surface area contributed by atoms with E-state index in [1.807, 2.05) is 11.8 Å². The van der Waals surface area contributed by atoms with Gasteiger partial charge in [0, 0.05) is 13.1 Å². The molecule has 0 aromatic carbocycles. The lowest BCUT2D eigenvalue weighted by atomic mass is 9.79. The molecule has 2 fully saturated rings. The van der Waals surface area contributed by atoms with E-state index in [2.05, 4.69) is 5.32 Å². The second-order valence-electron chi connectivity index (χ2n) is 6.37. The summed E-state index contributed by atoms with van der Waals surface area (Å²) < 4.78 is 0. The van der Waals surface area contributed by atoms with Crippen molar-refractivity contribution in [1.29, 1.82) is 0 Å². The molecule has 2 aliphatic rings. The van der Waals surface area contributed by atoms with Gasteiger partial charge in [0.1, 0.15) is 0 Å². The Bertz CT molecular complexity index is 367. The van der Waals surface area contributed by atoms with Crippen LogP contribution in [0.25, 0.3) is 0 Å². The molecule has 5 heteroatoms. The molecule has 0 bridgehead atoms. The van der Waals surface area contributed by atoms with Crippen molar-refractivity contribution in [2.75, 3.05) is 19.6 Å². The van der Waals surface area contributed by atoms with Crippen LogP contribution < -0.4 is 5.32 Å². The maximum absolute atomic E-state index is 12.6. The number of piperidine rings is 2. The van der Waals surface area contributed by atoms with Gasteiger partial charge in [-0.3, -0.25) is 9.59 Å². The fraction of sp³-hybridized carbons (Fsp3) is 0.857. The van der Waals surface area contributed by atoms with Gasteiger partial charge < -0.3 is 15.3 Å². The summed E-state index contributed by atoms with van der Waals surface area (Å²) in [6.45, 7) is 5.75. The third-order valence-electron chi connectivity index (χ3n) is 4.76. The van der Waals surface area contributed by atoms with Crippen molar-refractivity contribution in [1.82, 2.24) is 10.2 Å². The zero-order chi connectivity index (χ0) is 14.1. The molecule has 1 amide bonds. The molecule has 0 spiro atoms. The highest BCUT2D eigenvalue weighted by Gasteiger charge is 2.42. The summed E-state index contributed by atoms with van der Waals surface area (Å²) in [5.41, 5.74) is -1.12. The van der Waals surface area contributed by atoms with Crippen molar-refractivity contribution in [2.45, 2.75) is 51.5 Å². The van der Waals surface area contributed by atoms with E-state index >= 15 is 0 Å². The molecular formula is C14H24N2O3. The zero-order valence-corrected chi connectivity index (χ0v) is 11.9. The molecule has 5 nitrogen and oxygen atoms in total. The van der Waals surface area contributed by atoms with E-state index in [0.29, 0.717) is 25.9 Å². The van der Waals surface area contributed by atoms with Crippen LogP contribution in [0.5, 0.6) is 0 Å². The summed E-state index contributed by atoms with van der Waals surface area (Å²) in [6.07, 6.45) is 4.17. The first-order valence-corrected chi connectivity index (χ1v) is 7.15. The van der Waals surface area contributed by atoms with Crippen molar-refractivity contribution in [3.63, 3.8) is 0 Å². The minimum atomic E-state index is -0.749. The number of hydrogen-bond donors (Lipinski definition) is 2. The zero-order valence-electron chi connectivity index (χ0n) is 11.9. The van der Waals surface area contributed by atoms with E-state index in [9.17, 15) is 14.7 Å². The Morgan fingerprint density at radius 1 is 1.11 bits per heavy atom. The highest BCUT2D eigenvalue weighted by Crippen LogP contribution is 2.32. The predicted octanol–water partition coefficient (Wildman–Crippen LogP) is 1.23. The van der Waals surface area contributed by atoms with E-state index in [4.69, 9.17) is 0 Å². The van der Waals surface area contributed by atoms with Crippen molar-refractivity contribution >= 4 is 11.9 Å². The third kappa shape index (κ3) is 2.76. The van der Waals surface area contributed by atoms with Crippen LogP contribution in [0.1, 0.15) is 46.0 Å². The lowest BCUT2D eigenvalue weighted by Gasteiger charge is -2.42. The number of rotatable bonds is 2. The molecule has 2 aliphatic heterocycles. The quantitative estimate of drug-likeness (QED) is 0.790. The number of nitrogens with one attached hydrogen (secondary N) is 1. The number of nitrogens with zero attached hydrogens (tertiary/aromatic N) is 1. The minimum Gasteiger partial charge on any atom is -0.481 e. The second-order valence-corrected chi connectivity index (χ2v) is 6.37. The van der Waals surface area contributed by atoms with Crippen LogP contribution in [-0.4, -0.2) is 47.1 Å². The number of carbonyl (C=O) groups is 2. The van der Waals surface area contributed by atoms with Crippen LogP contribution in [0.3, 0.4) is 0 Å². The van der Waals surface area contributed by atoms with Gasteiger partial charge in [0.2, 0.25) is 5.91 Å². The van der Waals surface area contributed by atoms with Gasteiger partial charge in [0.25, 0.3) is 0 Å². The Kier molecular flexibility index (Phi) is 3.85. The van der Waals surface area contributed by atoms with Gasteiger partial charge in [0.05, 0.1) is 11.0 Å². The van der Waals surface area contributed by atoms with E-state index in [1.54, 1.807) is 6.92 Å². The Morgan fingerprint density at radius 2 is 1.74 bits per heavy atom. The first-order valence-electron chi connectivity index (χ1n) is 7.15. The van der Waals surface area contributed by atoms with E-state index < -0.39 is 16.9 Å². The SMILES string of the molecule is CC1(C(=O)O)CCN(C(=O)C2(C)CCCCN2)CC1. The minimum absolute atomic E-state index is 0.139. The fourth-order valence-electron chi connectivity index (χ4n) is 3.00. The molecule has 2 heterocycles. The average molecular weight is 268 g/mol. The number of carboxylic acid groups (broad SMARTS) is 1. The molecule has 0 aliphatic carbocycles. The van der Waals surface area contributed by atoms with Crippen molar-refractivity contribution in [3.8, 4) is 0 Å². The van der Waals surface area contributed by atoms with Crippen LogP contribution in [0.15, 0.2) is 0 Å². The summed E-state index contributed by atoms with van der Waals surface area (Å²) in [6, 6.07) is 0. The highest BCUT2D eigenvalue weighted by molar-refractivity contribution is 5.86. The number of likely N-dealkylation sites (tertiary alicyclic amines) is 1. The normalized spacial score (nSPS) is 30.9. The summed E-state index contributed by atoms with van der Waals surface area (Å²) in [5.74, 6) is -0.610. The van der Waals surface area contributed by atoms with Crippen LogP contribution in [0.4, 0.5) is 0 Å². The maximum atomic E-state index is 12.6. The lowest BCUT2D eigenvalue weighted by molar-refractivity contribution is -0.154. The van der Waals surface area contributed by atoms with Gasteiger partial charge in [-0.05, 0) is 52.5 Å². The summed E-state index contributed by atoms with van der Waals surface area (Å²) in [4.78, 5) is 25.6. The predicted molar refractivity (Wildman–Crippen MR) is 71.8 cm³/mol. The lowest BCUT2D eigenvalue weighted by Crippen LogP contribution is -2.59. The standard InChI is InChI=1S/C14H24N2O3/c1-13(12(18)19)6-9-16(10-7-13)11(17)14(2)5-3-4-8-15-14/h15H,3-10H2,1-2H3,(H,18,19). The second kappa shape index (κ2) is 5.12. The molecule has 1 unspecified atom stereocenters. The first-order chi connectivity index (χ1) is 8.87. The van der Waals surface area contributed by atoms with Crippen LogP contribution >= 0.6 is 0 Å². The van der Waals surface area contributed by atoms with Gasteiger partial charge in [0.15, 0.2) is 0 Å². The first kappa shape index (κ1) is 14.3. The van der Waals surface area contributed by atoms with Gasteiger partial charge in [-0.25, -0.2) is 0 Å². The van der Waals surface area contributed by atoms with E-state index in [0.717, 1.165) is 25.8 Å². The van der Waals surface area contributed by atoms with Crippen LogP contribution in [0.2, 0.25) is 0 Å². The molecule has 2 N–H and O–H groups in total. The summed E-state index contributed by atoms with van der Waals surface area (Å²) in [7, 11) is 0. The van der Waals surface area contributed by atoms with E-state index in [-0.39, 0.29) is 5.91 Å². The molecular weight excluding hydrogens is 244 g/mol. The molecule has 19 heavy (non-hydrogen) atoms. The van der Waals surface area contributed by atoms with Crippen molar-refractivity contribution in [3.05, 3.63) is 0 Å². The number of carbonyl (C=O) groups excluding carboxylic acids is 1. The third-order valence-corrected chi connectivity index (χ3v) is 4.76. The number of amides is 1.